The molecule has 6 nitrogen and oxygen atoms in total. The fourth-order valence-electron chi connectivity index (χ4n) is 1.76. The van der Waals surface area contributed by atoms with Crippen molar-refractivity contribution in [3.8, 4) is 0 Å². The zero-order chi connectivity index (χ0) is 14.8. The van der Waals surface area contributed by atoms with Crippen molar-refractivity contribution < 1.29 is 13.7 Å². The molecule has 0 bridgehead atoms. The van der Waals surface area contributed by atoms with Crippen LogP contribution in [-0.2, 0) is 0 Å². The van der Waals surface area contributed by atoms with Gasteiger partial charge >= 0.3 is 0 Å². The van der Waals surface area contributed by atoms with E-state index in [1.165, 1.54) is 24.4 Å². The van der Waals surface area contributed by atoms with E-state index in [2.05, 4.69) is 10.3 Å². The Morgan fingerprint density at radius 3 is 2.80 bits per heavy atom. The second-order valence-electron chi connectivity index (χ2n) is 4.20. The summed E-state index contributed by atoms with van der Waals surface area (Å²) in [6.45, 7) is -1.42. The maximum absolute atomic E-state index is 13.1. The number of nitrogens with one attached hydrogen (secondary N) is 1. The zero-order valence-electron chi connectivity index (χ0n) is 10.3. The van der Waals surface area contributed by atoms with Crippen LogP contribution in [0.4, 0.5) is 20.2 Å². The number of hydrogen-bond acceptors (Lipinski definition) is 5. The van der Waals surface area contributed by atoms with Crippen LogP contribution in [-0.4, -0.2) is 28.9 Å². The van der Waals surface area contributed by atoms with E-state index < -0.39 is 23.9 Å². The molecule has 0 spiro atoms. The average molecular weight is 282 g/mol. The fraction of sp³-hybridized carbons (Fsp3) is 0.250. The third-order valence-electron chi connectivity index (χ3n) is 2.78. The molecule has 106 valence electrons. The Morgan fingerprint density at radius 2 is 2.15 bits per heavy atom. The van der Waals surface area contributed by atoms with E-state index >= 15 is 0 Å². The quantitative estimate of drug-likeness (QED) is 0.647. The number of alkyl halides is 2. The molecule has 1 heterocycles. The van der Waals surface area contributed by atoms with Crippen molar-refractivity contribution in [2.45, 2.75) is 5.92 Å². The van der Waals surface area contributed by atoms with E-state index in [1.807, 2.05) is 0 Å². The molecule has 0 radical (unpaired) electrons. The van der Waals surface area contributed by atoms with E-state index in [4.69, 9.17) is 5.73 Å². The Hall–Kier alpha value is -2.35. The van der Waals surface area contributed by atoms with Crippen molar-refractivity contribution >= 4 is 22.3 Å². The standard InChI is InChI=1S/C12H12F2N4O2/c13-12(14,6-15)7-17-9-4-5-16-11-8(9)2-1-3-10(11)18(19)20/h1-5H,6-7,15H2,(H,16,17). The van der Waals surface area contributed by atoms with Gasteiger partial charge in [0.15, 0.2) is 0 Å². The van der Waals surface area contributed by atoms with E-state index in [9.17, 15) is 18.9 Å². The highest BCUT2D eigenvalue weighted by Gasteiger charge is 2.26. The Kier molecular flexibility index (Phi) is 3.75. The predicted molar refractivity (Wildman–Crippen MR) is 70.9 cm³/mol. The van der Waals surface area contributed by atoms with E-state index in [0.717, 1.165) is 0 Å². The molecule has 0 amide bonds. The summed E-state index contributed by atoms with van der Waals surface area (Å²) < 4.78 is 26.3. The predicted octanol–water partition coefficient (Wildman–Crippen LogP) is 2.15. The van der Waals surface area contributed by atoms with Crippen molar-refractivity contribution in [1.82, 2.24) is 4.98 Å². The molecule has 1 aromatic heterocycles. The lowest BCUT2D eigenvalue weighted by molar-refractivity contribution is -0.383. The third-order valence-corrected chi connectivity index (χ3v) is 2.78. The van der Waals surface area contributed by atoms with Gasteiger partial charge in [-0.1, -0.05) is 12.1 Å². The molecule has 0 aliphatic heterocycles. The maximum atomic E-state index is 13.1. The van der Waals surface area contributed by atoms with Gasteiger partial charge in [0.05, 0.1) is 18.0 Å². The van der Waals surface area contributed by atoms with Crippen LogP contribution in [0.15, 0.2) is 30.5 Å². The molecule has 0 unspecified atom stereocenters. The van der Waals surface area contributed by atoms with Gasteiger partial charge in [0.1, 0.15) is 5.52 Å². The second kappa shape index (κ2) is 5.33. The molecule has 0 atom stereocenters. The Balaban J connectivity index is 2.40. The van der Waals surface area contributed by atoms with Crippen molar-refractivity contribution in [2.24, 2.45) is 5.73 Å². The number of benzene rings is 1. The number of rotatable bonds is 5. The van der Waals surface area contributed by atoms with Crippen LogP contribution < -0.4 is 11.1 Å². The number of nitro benzene ring substituents is 1. The first-order chi connectivity index (χ1) is 9.44. The molecule has 0 aliphatic rings. The topological polar surface area (TPSA) is 94.1 Å². The third kappa shape index (κ3) is 2.80. The average Bonchev–Trinajstić information content (AvgIpc) is 2.44. The first-order valence-corrected chi connectivity index (χ1v) is 5.78. The minimum absolute atomic E-state index is 0.151. The largest absolute Gasteiger partial charge is 0.378 e. The molecule has 0 fully saturated rings. The number of aromatic nitrogens is 1. The number of anilines is 1. The number of pyridine rings is 1. The number of hydrogen-bond donors (Lipinski definition) is 2. The molecule has 0 aliphatic carbocycles. The smallest absolute Gasteiger partial charge is 0.295 e. The highest BCUT2D eigenvalue weighted by molar-refractivity contribution is 5.96. The van der Waals surface area contributed by atoms with Gasteiger partial charge in [-0.25, -0.2) is 13.8 Å². The lowest BCUT2D eigenvalue weighted by atomic mass is 10.1. The molecule has 0 saturated heterocycles. The van der Waals surface area contributed by atoms with Gasteiger partial charge < -0.3 is 11.1 Å². The molecule has 2 rings (SSSR count). The molecule has 3 N–H and O–H groups in total. The minimum atomic E-state index is -3.05. The highest BCUT2D eigenvalue weighted by Crippen LogP contribution is 2.29. The number of para-hydroxylation sites is 1. The van der Waals surface area contributed by atoms with Crippen LogP contribution in [0, 0.1) is 10.1 Å². The summed E-state index contributed by atoms with van der Waals surface area (Å²) >= 11 is 0. The summed E-state index contributed by atoms with van der Waals surface area (Å²) in [6, 6.07) is 5.86. The molecular weight excluding hydrogens is 270 g/mol. The number of nitrogens with two attached hydrogens (primary N) is 1. The summed E-state index contributed by atoms with van der Waals surface area (Å²) in [5.41, 5.74) is 5.29. The SMILES string of the molecule is NCC(F)(F)CNc1ccnc2c([N+](=O)[O-])cccc12. The normalized spacial score (nSPS) is 11.6. The Bertz CT molecular complexity index is 648. The van der Waals surface area contributed by atoms with Gasteiger partial charge in [-0.2, -0.15) is 0 Å². The van der Waals surface area contributed by atoms with Gasteiger partial charge in [0, 0.05) is 23.3 Å². The first-order valence-electron chi connectivity index (χ1n) is 5.78. The zero-order valence-corrected chi connectivity index (χ0v) is 10.3. The highest BCUT2D eigenvalue weighted by atomic mass is 19.3. The van der Waals surface area contributed by atoms with Gasteiger partial charge in [0.25, 0.3) is 11.6 Å². The van der Waals surface area contributed by atoms with Crippen molar-refractivity contribution in [2.75, 3.05) is 18.4 Å². The summed E-state index contributed by atoms with van der Waals surface area (Å²) in [6.07, 6.45) is 1.33. The molecule has 8 heteroatoms. The molecule has 2 aromatic rings. The number of fused-ring (bicyclic) bond motifs is 1. The molecule has 1 aromatic carbocycles. The number of nitro groups is 1. The summed E-state index contributed by atoms with van der Waals surface area (Å²) in [5, 5.41) is 13.9. The molecular formula is C12H12F2N4O2. The van der Waals surface area contributed by atoms with E-state index in [-0.39, 0.29) is 11.2 Å². The van der Waals surface area contributed by atoms with Crippen LogP contribution in [0.3, 0.4) is 0 Å². The number of non-ortho nitro benzene ring substituents is 1. The summed E-state index contributed by atoms with van der Waals surface area (Å²) in [7, 11) is 0. The Labute approximate surface area is 112 Å². The lowest BCUT2D eigenvalue weighted by Crippen LogP contribution is -2.35. The van der Waals surface area contributed by atoms with Crippen molar-refractivity contribution in [3.63, 3.8) is 0 Å². The van der Waals surface area contributed by atoms with Crippen LogP contribution >= 0.6 is 0 Å². The van der Waals surface area contributed by atoms with Gasteiger partial charge in [-0.05, 0) is 6.07 Å². The number of halogens is 2. The summed E-state index contributed by atoms with van der Waals surface area (Å²) in [4.78, 5) is 14.3. The van der Waals surface area contributed by atoms with Crippen LogP contribution in [0.2, 0.25) is 0 Å². The monoisotopic (exact) mass is 282 g/mol. The number of nitrogens with zero attached hydrogens (tertiary/aromatic N) is 2. The first kappa shape index (κ1) is 14.1. The van der Waals surface area contributed by atoms with Crippen molar-refractivity contribution in [3.05, 3.63) is 40.6 Å². The second-order valence-corrected chi connectivity index (χ2v) is 4.20. The fourth-order valence-corrected chi connectivity index (χ4v) is 1.76. The van der Waals surface area contributed by atoms with Crippen LogP contribution in [0.25, 0.3) is 10.9 Å². The van der Waals surface area contributed by atoms with Crippen LogP contribution in [0.5, 0.6) is 0 Å². The minimum Gasteiger partial charge on any atom is -0.378 e. The van der Waals surface area contributed by atoms with Crippen molar-refractivity contribution in [1.29, 1.82) is 0 Å². The molecule has 0 saturated carbocycles. The molecule has 20 heavy (non-hydrogen) atoms. The van der Waals surface area contributed by atoms with Gasteiger partial charge in [-0.15, -0.1) is 0 Å². The summed E-state index contributed by atoms with van der Waals surface area (Å²) in [5.74, 6) is -3.05. The van der Waals surface area contributed by atoms with E-state index in [1.54, 1.807) is 6.07 Å². The van der Waals surface area contributed by atoms with Gasteiger partial charge in [0.2, 0.25) is 0 Å². The Morgan fingerprint density at radius 1 is 1.40 bits per heavy atom. The van der Waals surface area contributed by atoms with Crippen LogP contribution in [0.1, 0.15) is 0 Å². The van der Waals surface area contributed by atoms with Gasteiger partial charge in [-0.3, -0.25) is 10.1 Å². The van der Waals surface area contributed by atoms with E-state index in [0.29, 0.717) is 11.1 Å². The maximum Gasteiger partial charge on any atom is 0.295 e. The lowest BCUT2D eigenvalue weighted by Gasteiger charge is -2.16.